The quantitative estimate of drug-likeness (QED) is 0.662. The second-order valence-electron chi connectivity index (χ2n) is 5.36. The number of piperidine rings is 1. The molecule has 2 aliphatic heterocycles. The summed E-state index contributed by atoms with van der Waals surface area (Å²) in [4.78, 5) is 14.4. The van der Waals surface area contributed by atoms with Crippen molar-refractivity contribution in [2.45, 2.75) is 19.3 Å². The maximum Gasteiger partial charge on any atom is 0.394 e. The molecule has 0 bridgehead atoms. The van der Waals surface area contributed by atoms with Gasteiger partial charge in [-0.25, -0.2) is 0 Å². The van der Waals surface area contributed by atoms with Crippen LogP contribution in [0.2, 0.25) is 0 Å². The number of anilines is 1. The summed E-state index contributed by atoms with van der Waals surface area (Å²) in [6, 6.07) is 8.26. The van der Waals surface area contributed by atoms with Gasteiger partial charge in [-0.1, -0.05) is 18.2 Å². The number of hydrogen-bond acceptors (Lipinski definition) is 4. The van der Waals surface area contributed by atoms with Crippen LogP contribution in [0.25, 0.3) is 0 Å². The van der Waals surface area contributed by atoms with Gasteiger partial charge in [0.25, 0.3) is 0 Å². The maximum atomic E-state index is 12.4. The molecule has 0 spiro atoms. The van der Waals surface area contributed by atoms with E-state index in [1.165, 1.54) is 5.56 Å². The highest BCUT2D eigenvalue weighted by Crippen LogP contribution is 2.29. The summed E-state index contributed by atoms with van der Waals surface area (Å²) in [7, 11) is -4.67. The Morgan fingerprint density at radius 2 is 1.95 bits per heavy atom. The lowest BCUT2D eigenvalue weighted by Crippen LogP contribution is -2.42. The van der Waals surface area contributed by atoms with E-state index in [2.05, 4.69) is 23.5 Å². The normalized spacial score (nSPS) is 20.8. The monoisotopic (exact) mass is 328 g/mol. The largest absolute Gasteiger partial charge is 0.394 e. The summed E-state index contributed by atoms with van der Waals surface area (Å²) in [5.41, 5.74) is 2.44. The Kier molecular flexibility index (Phi) is 5.52. The molecule has 0 aliphatic carbocycles. The van der Waals surface area contributed by atoms with E-state index < -0.39 is 10.4 Å². The second kappa shape index (κ2) is 7.19. The summed E-state index contributed by atoms with van der Waals surface area (Å²) >= 11 is 0. The maximum absolute atomic E-state index is 12.4. The van der Waals surface area contributed by atoms with Crippen molar-refractivity contribution in [2.75, 3.05) is 24.5 Å². The van der Waals surface area contributed by atoms with Crippen LogP contribution in [-0.2, 0) is 21.6 Å². The van der Waals surface area contributed by atoms with Crippen molar-refractivity contribution < 1.29 is 22.3 Å². The third kappa shape index (κ3) is 4.77. The first-order valence-corrected chi connectivity index (χ1v) is 8.56. The number of hydrogen-bond donors (Lipinski definition) is 3. The average Bonchev–Trinajstić information content (AvgIpc) is 2.89. The van der Waals surface area contributed by atoms with Gasteiger partial charge in [0, 0.05) is 18.8 Å². The van der Waals surface area contributed by atoms with Gasteiger partial charge >= 0.3 is 10.4 Å². The Morgan fingerprint density at radius 3 is 2.59 bits per heavy atom. The van der Waals surface area contributed by atoms with Crippen LogP contribution in [0.5, 0.6) is 0 Å². The fourth-order valence-electron chi connectivity index (χ4n) is 2.85. The molecule has 122 valence electrons. The van der Waals surface area contributed by atoms with Crippen LogP contribution in [0.15, 0.2) is 24.3 Å². The topological polar surface area (TPSA) is 107 Å². The zero-order valence-corrected chi connectivity index (χ0v) is 12.9. The van der Waals surface area contributed by atoms with Crippen LogP contribution in [0.1, 0.15) is 18.4 Å². The van der Waals surface area contributed by atoms with Gasteiger partial charge in [0.1, 0.15) is 0 Å². The SMILES string of the molecule is O=C(C1CCCNC1)N1CCc2ccccc21.O=S(=O)(O)O. The Balaban J connectivity index is 0.000000309. The number of benzene rings is 1. The fourth-order valence-corrected chi connectivity index (χ4v) is 2.85. The van der Waals surface area contributed by atoms with E-state index in [-0.39, 0.29) is 5.92 Å². The van der Waals surface area contributed by atoms with Crippen molar-refractivity contribution in [2.24, 2.45) is 5.92 Å². The fraction of sp³-hybridized carbons (Fsp3) is 0.500. The van der Waals surface area contributed by atoms with Crippen LogP contribution in [0.4, 0.5) is 5.69 Å². The van der Waals surface area contributed by atoms with Crippen molar-refractivity contribution >= 4 is 22.0 Å². The predicted octanol–water partition coefficient (Wildman–Crippen LogP) is 0.922. The molecular formula is C14H20N2O5S. The molecule has 1 fully saturated rings. The number of nitrogens with zero attached hydrogens (tertiary/aromatic N) is 1. The second-order valence-corrected chi connectivity index (χ2v) is 6.26. The van der Waals surface area contributed by atoms with Gasteiger partial charge < -0.3 is 10.2 Å². The summed E-state index contributed by atoms with van der Waals surface area (Å²) in [6.07, 6.45) is 3.15. The first-order chi connectivity index (χ1) is 10.4. The van der Waals surface area contributed by atoms with Crippen LogP contribution in [0, 0.1) is 5.92 Å². The lowest BCUT2D eigenvalue weighted by Gasteiger charge is -2.27. The third-order valence-electron chi connectivity index (χ3n) is 3.80. The molecule has 0 saturated carbocycles. The smallest absolute Gasteiger partial charge is 0.316 e. The molecule has 1 amide bonds. The highest BCUT2D eigenvalue weighted by molar-refractivity contribution is 7.79. The number of carbonyl (C=O) groups is 1. The molecule has 1 unspecified atom stereocenters. The van der Waals surface area contributed by atoms with Gasteiger partial charge in [-0.2, -0.15) is 8.42 Å². The van der Waals surface area contributed by atoms with Gasteiger partial charge in [-0.3, -0.25) is 13.9 Å². The Bertz CT molecular complexity index is 618. The molecule has 1 atom stereocenters. The highest BCUT2D eigenvalue weighted by atomic mass is 32.3. The van der Waals surface area contributed by atoms with E-state index in [0.29, 0.717) is 5.91 Å². The van der Waals surface area contributed by atoms with Crippen molar-refractivity contribution in [1.82, 2.24) is 5.32 Å². The summed E-state index contributed by atoms with van der Waals surface area (Å²) in [5.74, 6) is 0.483. The molecule has 0 aromatic heterocycles. The molecule has 22 heavy (non-hydrogen) atoms. The van der Waals surface area contributed by atoms with E-state index in [1.54, 1.807) is 0 Å². The number of carbonyl (C=O) groups excluding carboxylic acids is 1. The summed E-state index contributed by atoms with van der Waals surface area (Å²) in [5, 5.41) is 3.32. The first kappa shape index (κ1) is 16.9. The van der Waals surface area contributed by atoms with Crippen LogP contribution in [0.3, 0.4) is 0 Å². The van der Waals surface area contributed by atoms with Crippen molar-refractivity contribution in [3.63, 3.8) is 0 Å². The van der Waals surface area contributed by atoms with Crippen molar-refractivity contribution in [3.8, 4) is 0 Å². The molecule has 2 heterocycles. The van der Waals surface area contributed by atoms with E-state index in [4.69, 9.17) is 17.5 Å². The number of nitrogens with one attached hydrogen (secondary N) is 1. The van der Waals surface area contributed by atoms with Gasteiger partial charge in [-0.05, 0) is 37.4 Å². The van der Waals surface area contributed by atoms with E-state index in [0.717, 1.165) is 44.6 Å². The molecule has 0 radical (unpaired) electrons. The lowest BCUT2D eigenvalue weighted by atomic mass is 9.98. The molecule has 2 aliphatic rings. The van der Waals surface area contributed by atoms with Gasteiger partial charge in [0.05, 0.1) is 5.92 Å². The Hall–Kier alpha value is -1.48. The van der Waals surface area contributed by atoms with E-state index >= 15 is 0 Å². The predicted molar refractivity (Wildman–Crippen MR) is 82.3 cm³/mol. The van der Waals surface area contributed by atoms with Gasteiger partial charge in [-0.15, -0.1) is 0 Å². The van der Waals surface area contributed by atoms with E-state index in [9.17, 15) is 4.79 Å². The standard InChI is InChI=1S/C14H18N2O.H2O4S/c17-14(12-5-3-8-15-10-12)16-9-7-11-4-1-2-6-13(11)16;1-5(2,3)4/h1-2,4,6,12,15H,3,5,7-10H2;(H2,1,2,3,4). The molecule has 1 aromatic carbocycles. The van der Waals surface area contributed by atoms with Gasteiger partial charge in [0.15, 0.2) is 0 Å². The third-order valence-corrected chi connectivity index (χ3v) is 3.80. The number of amides is 1. The van der Waals surface area contributed by atoms with Crippen molar-refractivity contribution in [3.05, 3.63) is 29.8 Å². The molecular weight excluding hydrogens is 308 g/mol. The molecule has 3 N–H and O–H groups in total. The minimum absolute atomic E-state index is 0.176. The highest BCUT2D eigenvalue weighted by Gasteiger charge is 2.30. The van der Waals surface area contributed by atoms with Crippen LogP contribution in [-0.4, -0.2) is 43.1 Å². The first-order valence-electron chi connectivity index (χ1n) is 7.16. The number of para-hydroxylation sites is 1. The molecule has 7 nitrogen and oxygen atoms in total. The molecule has 1 saturated heterocycles. The molecule has 8 heteroatoms. The molecule has 3 rings (SSSR count). The summed E-state index contributed by atoms with van der Waals surface area (Å²) in [6.45, 7) is 2.76. The zero-order chi connectivity index (χ0) is 16.2. The molecule has 1 aromatic rings. The lowest BCUT2D eigenvalue weighted by molar-refractivity contribution is -0.122. The number of fused-ring (bicyclic) bond motifs is 1. The minimum atomic E-state index is -4.67. The summed E-state index contributed by atoms with van der Waals surface area (Å²) < 4.78 is 31.6. The average molecular weight is 328 g/mol. The Labute approximate surface area is 129 Å². The minimum Gasteiger partial charge on any atom is -0.316 e. The van der Waals surface area contributed by atoms with Gasteiger partial charge in [0.2, 0.25) is 5.91 Å². The number of rotatable bonds is 1. The van der Waals surface area contributed by atoms with E-state index in [1.807, 2.05) is 11.0 Å². The van der Waals surface area contributed by atoms with Crippen LogP contribution >= 0.6 is 0 Å². The Morgan fingerprint density at radius 1 is 1.27 bits per heavy atom. The zero-order valence-electron chi connectivity index (χ0n) is 12.1. The van der Waals surface area contributed by atoms with Crippen molar-refractivity contribution in [1.29, 1.82) is 0 Å². The van der Waals surface area contributed by atoms with Crippen LogP contribution < -0.4 is 10.2 Å².